The van der Waals surface area contributed by atoms with E-state index in [0.717, 1.165) is 11.1 Å². The first-order chi connectivity index (χ1) is 9.16. The molecule has 0 fully saturated rings. The van der Waals surface area contributed by atoms with Gasteiger partial charge in [0.05, 0.1) is 12.2 Å². The van der Waals surface area contributed by atoms with E-state index in [1.165, 1.54) is 12.1 Å². The maximum atomic E-state index is 12.7. The smallest absolute Gasteiger partial charge is 0.338 e. The van der Waals surface area contributed by atoms with E-state index in [2.05, 4.69) is 0 Å². The summed E-state index contributed by atoms with van der Waals surface area (Å²) in [6, 6.07) is 13.5. The average molecular weight is 258 g/mol. The minimum Gasteiger partial charge on any atom is -0.462 e. The number of esters is 1. The summed E-state index contributed by atoms with van der Waals surface area (Å²) in [4.78, 5) is 11.8. The Morgan fingerprint density at radius 3 is 2.47 bits per heavy atom. The number of hydrogen-bond acceptors (Lipinski definition) is 2. The van der Waals surface area contributed by atoms with Gasteiger partial charge in [-0.3, -0.25) is 0 Å². The molecule has 0 aliphatic carbocycles. The van der Waals surface area contributed by atoms with Crippen molar-refractivity contribution in [2.75, 3.05) is 6.61 Å². The first kappa shape index (κ1) is 13.3. The van der Waals surface area contributed by atoms with Crippen LogP contribution in [0.25, 0.3) is 0 Å². The average Bonchev–Trinajstić information content (AvgIpc) is 2.41. The minimum atomic E-state index is -0.319. The highest BCUT2D eigenvalue weighted by atomic mass is 19.1. The van der Waals surface area contributed by atoms with Crippen molar-refractivity contribution in [1.82, 2.24) is 0 Å². The first-order valence-electron chi connectivity index (χ1n) is 6.14. The van der Waals surface area contributed by atoms with Crippen LogP contribution >= 0.6 is 0 Å². The highest BCUT2D eigenvalue weighted by Crippen LogP contribution is 2.09. The Balaban J connectivity index is 1.88. The van der Waals surface area contributed by atoms with Gasteiger partial charge in [0.1, 0.15) is 5.82 Å². The van der Waals surface area contributed by atoms with Gasteiger partial charge in [-0.15, -0.1) is 0 Å². The molecule has 0 atom stereocenters. The Hall–Kier alpha value is -2.16. The van der Waals surface area contributed by atoms with Crippen molar-refractivity contribution < 1.29 is 13.9 Å². The molecule has 98 valence electrons. The number of halogens is 1. The molecule has 0 heterocycles. The van der Waals surface area contributed by atoms with E-state index in [0.29, 0.717) is 18.6 Å². The molecule has 3 heteroatoms. The minimum absolute atomic E-state index is 0.263. The van der Waals surface area contributed by atoms with Crippen molar-refractivity contribution in [3.63, 3.8) is 0 Å². The fourth-order valence-electron chi connectivity index (χ4n) is 1.79. The van der Waals surface area contributed by atoms with Gasteiger partial charge in [0, 0.05) is 6.42 Å². The van der Waals surface area contributed by atoms with E-state index in [9.17, 15) is 9.18 Å². The van der Waals surface area contributed by atoms with Crippen LogP contribution in [0.5, 0.6) is 0 Å². The monoisotopic (exact) mass is 258 g/mol. The molecule has 0 aliphatic rings. The highest BCUT2D eigenvalue weighted by Gasteiger charge is 2.09. The van der Waals surface area contributed by atoms with Crippen molar-refractivity contribution in [3.05, 3.63) is 71.0 Å². The summed E-state index contributed by atoms with van der Waals surface area (Å²) in [5.41, 5.74) is 2.43. The Kier molecular flexibility index (Phi) is 4.29. The molecule has 0 bridgehead atoms. The van der Waals surface area contributed by atoms with Crippen molar-refractivity contribution in [2.24, 2.45) is 0 Å². The van der Waals surface area contributed by atoms with Gasteiger partial charge in [0.25, 0.3) is 0 Å². The molecule has 0 unspecified atom stereocenters. The molecule has 2 aromatic rings. The summed E-state index contributed by atoms with van der Waals surface area (Å²) in [7, 11) is 0. The standard InChI is InChI=1S/C16H15FO2/c1-12-4-2-3-5-15(12)16(18)19-11-10-13-6-8-14(17)9-7-13/h2-9H,10-11H2,1H3. The van der Waals surface area contributed by atoms with Crippen molar-refractivity contribution in [1.29, 1.82) is 0 Å². The van der Waals surface area contributed by atoms with E-state index < -0.39 is 0 Å². The number of carbonyl (C=O) groups excluding carboxylic acids is 1. The van der Waals surface area contributed by atoms with Gasteiger partial charge < -0.3 is 4.74 Å². The zero-order valence-electron chi connectivity index (χ0n) is 10.7. The molecule has 0 spiro atoms. The number of carbonyl (C=O) groups is 1. The predicted molar refractivity (Wildman–Crippen MR) is 71.6 cm³/mol. The molecule has 0 aromatic heterocycles. The Morgan fingerprint density at radius 1 is 1.11 bits per heavy atom. The predicted octanol–water partition coefficient (Wildman–Crippen LogP) is 3.53. The third-order valence-electron chi connectivity index (χ3n) is 2.90. The van der Waals surface area contributed by atoms with Crippen LogP contribution in [0.3, 0.4) is 0 Å². The Labute approximate surface area is 111 Å². The number of ether oxygens (including phenoxy) is 1. The van der Waals surface area contributed by atoms with Gasteiger partial charge in [0.2, 0.25) is 0 Å². The molecular weight excluding hydrogens is 243 g/mol. The van der Waals surface area contributed by atoms with Crippen molar-refractivity contribution in [3.8, 4) is 0 Å². The maximum absolute atomic E-state index is 12.7. The van der Waals surface area contributed by atoms with E-state index in [1.807, 2.05) is 25.1 Å². The van der Waals surface area contributed by atoms with E-state index in [1.54, 1.807) is 18.2 Å². The third kappa shape index (κ3) is 3.65. The summed E-state index contributed by atoms with van der Waals surface area (Å²) < 4.78 is 17.9. The van der Waals surface area contributed by atoms with Crippen LogP contribution in [-0.4, -0.2) is 12.6 Å². The van der Waals surface area contributed by atoms with Crippen LogP contribution < -0.4 is 0 Å². The van der Waals surface area contributed by atoms with Gasteiger partial charge in [-0.1, -0.05) is 30.3 Å². The zero-order valence-corrected chi connectivity index (χ0v) is 10.7. The maximum Gasteiger partial charge on any atom is 0.338 e. The van der Waals surface area contributed by atoms with Crippen LogP contribution in [0, 0.1) is 12.7 Å². The van der Waals surface area contributed by atoms with Crippen LogP contribution in [0.2, 0.25) is 0 Å². The van der Waals surface area contributed by atoms with Crippen molar-refractivity contribution in [2.45, 2.75) is 13.3 Å². The zero-order chi connectivity index (χ0) is 13.7. The molecule has 0 N–H and O–H groups in total. The topological polar surface area (TPSA) is 26.3 Å². The van der Waals surface area contributed by atoms with E-state index in [4.69, 9.17) is 4.74 Å². The molecule has 0 aliphatic heterocycles. The third-order valence-corrected chi connectivity index (χ3v) is 2.90. The number of hydrogen-bond donors (Lipinski definition) is 0. The van der Waals surface area contributed by atoms with Crippen LogP contribution in [0.4, 0.5) is 4.39 Å². The lowest BCUT2D eigenvalue weighted by Gasteiger charge is -2.07. The number of benzene rings is 2. The fourth-order valence-corrected chi connectivity index (χ4v) is 1.79. The van der Waals surface area contributed by atoms with E-state index >= 15 is 0 Å². The molecular formula is C16H15FO2. The summed E-state index contributed by atoms with van der Waals surface area (Å²) in [5, 5.41) is 0. The second-order valence-electron chi connectivity index (χ2n) is 4.33. The van der Waals surface area contributed by atoms with Gasteiger partial charge in [-0.25, -0.2) is 9.18 Å². The molecule has 0 saturated carbocycles. The summed E-state index contributed by atoms with van der Waals surface area (Å²) in [5.74, 6) is -0.583. The first-order valence-corrected chi connectivity index (χ1v) is 6.14. The number of aryl methyl sites for hydroxylation is 1. The summed E-state index contributed by atoms with van der Waals surface area (Å²) in [6.45, 7) is 2.16. The molecule has 0 amide bonds. The van der Waals surface area contributed by atoms with Crippen LogP contribution in [-0.2, 0) is 11.2 Å². The lowest BCUT2D eigenvalue weighted by molar-refractivity contribution is 0.0508. The molecule has 2 aromatic carbocycles. The second kappa shape index (κ2) is 6.14. The number of rotatable bonds is 4. The molecule has 0 saturated heterocycles. The molecule has 0 radical (unpaired) electrons. The van der Waals surface area contributed by atoms with Crippen LogP contribution in [0.1, 0.15) is 21.5 Å². The second-order valence-corrected chi connectivity index (χ2v) is 4.33. The normalized spacial score (nSPS) is 10.2. The summed E-state index contributed by atoms with van der Waals surface area (Å²) >= 11 is 0. The SMILES string of the molecule is Cc1ccccc1C(=O)OCCc1ccc(F)cc1. The lowest BCUT2D eigenvalue weighted by atomic mass is 10.1. The quantitative estimate of drug-likeness (QED) is 0.784. The molecule has 2 nitrogen and oxygen atoms in total. The molecule has 19 heavy (non-hydrogen) atoms. The van der Waals surface area contributed by atoms with Gasteiger partial charge >= 0.3 is 5.97 Å². The molecule has 2 rings (SSSR count). The lowest BCUT2D eigenvalue weighted by Crippen LogP contribution is -2.09. The van der Waals surface area contributed by atoms with Crippen LogP contribution in [0.15, 0.2) is 48.5 Å². The van der Waals surface area contributed by atoms with Crippen molar-refractivity contribution >= 4 is 5.97 Å². The Morgan fingerprint density at radius 2 is 1.79 bits per heavy atom. The summed E-state index contributed by atoms with van der Waals surface area (Å²) in [6.07, 6.45) is 0.581. The largest absolute Gasteiger partial charge is 0.462 e. The fraction of sp³-hybridized carbons (Fsp3) is 0.188. The van der Waals surface area contributed by atoms with Gasteiger partial charge in [-0.2, -0.15) is 0 Å². The Bertz CT molecular complexity index is 561. The highest BCUT2D eigenvalue weighted by molar-refractivity contribution is 5.90. The van der Waals surface area contributed by atoms with Gasteiger partial charge in [-0.05, 0) is 36.2 Å². The van der Waals surface area contributed by atoms with Gasteiger partial charge in [0.15, 0.2) is 0 Å². The van der Waals surface area contributed by atoms with E-state index in [-0.39, 0.29) is 11.8 Å².